The summed E-state index contributed by atoms with van der Waals surface area (Å²) in [5, 5.41) is 8.16. The normalized spacial score (nSPS) is 10.3. The fourth-order valence-electron chi connectivity index (χ4n) is 1.96. The molecule has 0 aliphatic carbocycles. The van der Waals surface area contributed by atoms with Gasteiger partial charge < -0.3 is 16.4 Å². The van der Waals surface area contributed by atoms with E-state index < -0.39 is 0 Å². The Labute approximate surface area is 139 Å². The molecule has 0 fully saturated rings. The lowest BCUT2D eigenvalue weighted by Crippen LogP contribution is -2.24. The molecule has 0 aliphatic rings. The molecule has 0 spiro atoms. The molecule has 1 aromatic heterocycles. The summed E-state index contributed by atoms with van der Waals surface area (Å²) >= 11 is 1.44. The first-order valence-electron chi connectivity index (χ1n) is 7.43. The zero-order valence-corrected chi connectivity index (χ0v) is 13.8. The predicted octanol–water partition coefficient (Wildman–Crippen LogP) is 1.32. The highest BCUT2D eigenvalue weighted by Gasteiger charge is 2.10. The Bertz CT molecular complexity index is 667. The number of amides is 2. The summed E-state index contributed by atoms with van der Waals surface area (Å²) in [4.78, 5) is 27.9. The predicted molar refractivity (Wildman–Crippen MR) is 90.5 cm³/mol. The summed E-state index contributed by atoms with van der Waals surface area (Å²) in [6, 6.07) is 7.14. The highest BCUT2D eigenvalue weighted by molar-refractivity contribution is 7.09. The van der Waals surface area contributed by atoms with Crippen LogP contribution in [-0.4, -0.2) is 29.9 Å². The second kappa shape index (κ2) is 8.40. The summed E-state index contributed by atoms with van der Waals surface area (Å²) in [5.41, 5.74) is 7.41. The van der Waals surface area contributed by atoms with E-state index in [0.29, 0.717) is 37.3 Å². The van der Waals surface area contributed by atoms with Crippen molar-refractivity contribution in [3.8, 4) is 0 Å². The summed E-state index contributed by atoms with van der Waals surface area (Å²) < 4.78 is 0. The number of benzene rings is 1. The van der Waals surface area contributed by atoms with Crippen LogP contribution in [0.3, 0.4) is 0 Å². The molecule has 2 amide bonds. The molecule has 0 atom stereocenters. The molecular formula is C16H20N4O2S. The van der Waals surface area contributed by atoms with Gasteiger partial charge in [-0.05, 0) is 31.2 Å². The third-order valence-electron chi connectivity index (χ3n) is 3.15. The molecule has 2 rings (SSSR count). The first-order chi connectivity index (χ1) is 11.1. The van der Waals surface area contributed by atoms with E-state index in [1.165, 1.54) is 11.3 Å². The molecule has 0 radical (unpaired) electrons. The van der Waals surface area contributed by atoms with E-state index in [1.54, 1.807) is 17.5 Å². The molecule has 23 heavy (non-hydrogen) atoms. The fourth-order valence-corrected chi connectivity index (χ4v) is 2.76. The van der Waals surface area contributed by atoms with Gasteiger partial charge in [-0.2, -0.15) is 0 Å². The lowest BCUT2D eigenvalue weighted by atomic mass is 10.1. The van der Waals surface area contributed by atoms with Crippen molar-refractivity contribution in [2.45, 2.75) is 19.9 Å². The summed E-state index contributed by atoms with van der Waals surface area (Å²) in [7, 11) is 0. The van der Waals surface area contributed by atoms with Gasteiger partial charge in [-0.1, -0.05) is 12.1 Å². The van der Waals surface area contributed by atoms with Crippen LogP contribution in [0, 0.1) is 0 Å². The molecule has 1 heterocycles. The molecule has 7 heteroatoms. The maximum atomic E-state index is 12.0. The van der Waals surface area contributed by atoms with Crippen molar-refractivity contribution in [2.75, 3.05) is 13.1 Å². The van der Waals surface area contributed by atoms with E-state index in [-0.39, 0.29) is 11.8 Å². The number of carbonyl (C=O) groups excluding carboxylic acids is 2. The van der Waals surface area contributed by atoms with Crippen molar-refractivity contribution in [3.63, 3.8) is 0 Å². The quantitative estimate of drug-likeness (QED) is 0.712. The number of thiazole rings is 1. The van der Waals surface area contributed by atoms with Gasteiger partial charge in [0.25, 0.3) is 11.8 Å². The van der Waals surface area contributed by atoms with Crippen LogP contribution in [0.1, 0.15) is 38.3 Å². The van der Waals surface area contributed by atoms with E-state index in [9.17, 15) is 9.59 Å². The molecular weight excluding hydrogens is 312 g/mol. The van der Waals surface area contributed by atoms with Gasteiger partial charge in [0.1, 0.15) is 5.69 Å². The Morgan fingerprint density at radius 1 is 1.17 bits per heavy atom. The van der Waals surface area contributed by atoms with Crippen LogP contribution >= 0.6 is 11.3 Å². The molecule has 2 aromatic rings. The largest absolute Gasteiger partial charge is 0.352 e. The SMILES string of the molecule is CCNC(=O)c1ccc(CNC(=O)c2csc(CCN)n2)cc1. The highest BCUT2D eigenvalue weighted by Crippen LogP contribution is 2.10. The van der Waals surface area contributed by atoms with Crippen LogP contribution in [-0.2, 0) is 13.0 Å². The third-order valence-corrected chi connectivity index (χ3v) is 4.06. The maximum absolute atomic E-state index is 12.0. The van der Waals surface area contributed by atoms with Crippen molar-refractivity contribution in [1.29, 1.82) is 0 Å². The van der Waals surface area contributed by atoms with Crippen molar-refractivity contribution in [3.05, 3.63) is 51.5 Å². The zero-order chi connectivity index (χ0) is 16.7. The molecule has 6 nitrogen and oxygen atoms in total. The van der Waals surface area contributed by atoms with Crippen LogP contribution in [0.15, 0.2) is 29.6 Å². The van der Waals surface area contributed by atoms with Gasteiger partial charge in [-0.15, -0.1) is 11.3 Å². The first-order valence-corrected chi connectivity index (χ1v) is 8.31. The standard InChI is InChI=1S/C16H20N4O2S/c1-2-18-15(21)12-5-3-11(4-6-12)9-19-16(22)13-10-23-14(20-13)7-8-17/h3-6,10H,2,7-9,17H2,1H3,(H,18,21)(H,19,22). The lowest BCUT2D eigenvalue weighted by molar-refractivity contribution is 0.0941. The van der Waals surface area contributed by atoms with Gasteiger partial charge in [0.2, 0.25) is 0 Å². The van der Waals surface area contributed by atoms with Crippen LogP contribution in [0.4, 0.5) is 0 Å². The van der Waals surface area contributed by atoms with Crippen molar-refractivity contribution >= 4 is 23.2 Å². The molecule has 0 unspecified atom stereocenters. The zero-order valence-electron chi connectivity index (χ0n) is 13.0. The topological polar surface area (TPSA) is 97.1 Å². The number of carbonyl (C=O) groups is 2. The Kier molecular flexibility index (Phi) is 6.25. The molecule has 0 saturated heterocycles. The third kappa shape index (κ3) is 4.87. The highest BCUT2D eigenvalue weighted by atomic mass is 32.1. The van der Waals surface area contributed by atoms with Crippen molar-refractivity contribution in [1.82, 2.24) is 15.6 Å². The Morgan fingerprint density at radius 2 is 1.91 bits per heavy atom. The smallest absolute Gasteiger partial charge is 0.271 e. The number of nitrogens with one attached hydrogen (secondary N) is 2. The van der Waals surface area contributed by atoms with Gasteiger partial charge >= 0.3 is 0 Å². The minimum atomic E-state index is -0.211. The number of hydrogen-bond donors (Lipinski definition) is 3. The van der Waals surface area contributed by atoms with E-state index >= 15 is 0 Å². The molecule has 0 saturated carbocycles. The van der Waals surface area contributed by atoms with Crippen molar-refractivity contribution < 1.29 is 9.59 Å². The Balaban J connectivity index is 1.89. The molecule has 0 bridgehead atoms. The average molecular weight is 332 g/mol. The molecule has 0 aliphatic heterocycles. The van der Waals surface area contributed by atoms with Crippen LogP contribution in [0.25, 0.3) is 0 Å². The van der Waals surface area contributed by atoms with Crippen LogP contribution in [0.2, 0.25) is 0 Å². The number of nitrogens with zero attached hydrogens (tertiary/aromatic N) is 1. The summed E-state index contributed by atoms with van der Waals surface area (Å²) in [5.74, 6) is -0.310. The second-order valence-electron chi connectivity index (χ2n) is 4.90. The number of hydrogen-bond acceptors (Lipinski definition) is 5. The maximum Gasteiger partial charge on any atom is 0.271 e. The second-order valence-corrected chi connectivity index (χ2v) is 5.85. The van der Waals surface area contributed by atoms with E-state index in [1.807, 2.05) is 19.1 Å². The van der Waals surface area contributed by atoms with Gasteiger partial charge in [-0.25, -0.2) is 4.98 Å². The van der Waals surface area contributed by atoms with Crippen LogP contribution < -0.4 is 16.4 Å². The minimum absolute atomic E-state index is 0.0991. The molecule has 122 valence electrons. The molecule has 4 N–H and O–H groups in total. The van der Waals surface area contributed by atoms with Crippen molar-refractivity contribution in [2.24, 2.45) is 5.73 Å². The lowest BCUT2D eigenvalue weighted by Gasteiger charge is -2.06. The minimum Gasteiger partial charge on any atom is -0.352 e. The van der Waals surface area contributed by atoms with Gasteiger partial charge in [-0.3, -0.25) is 9.59 Å². The fraction of sp³-hybridized carbons (Fsp3) is 0.312. The van der Waals surface area contributed by atoms with Gasteiger partial charge in [0.05, 0.1) is 5.01 Å². The van der Waals surface area contributed by atoms with Gasteiger partial charge in [0.15, 0.2) is 0 Å². The first kappa shape index (κ1) is 17.1. The number of nitrogens with two attached hydrogens (primary N) is 1. The van der Waals surface area contributed by atoms with E-state index in [0.717, 1.165) is 10.6 Å². The molecule has 1 aromatic carbocycles. The number of rotatable bonds is 7. The van der Waals surface area contributed by atoms with Gasteiger partial charge in [0, 0.05) is 30.5 Å². The Morgan fingerprint density at radius 3 is 2.57 bits per heavy atom. The van der Waals surface area contributed by atoms with E-state index in [2.05, 4.69) is 15.6 Å². The average Bonchev–Trinajstić information content (AvgIpc) is 3.02. The Hall–Kier alpha value is -2.25. The number of aromatic nitrogens is 1. The summed E-state index contributed by atoms with van der Waals surface area (Å²) in [6.45, 7) is 3.38. The monoisotopic (exact) mass is 332 g/mol. The summed E-state index contributed by atoms with van der Waals surface area (Å²) in [6.07, 6.45) is 0.680. The van der Waals surface area contributed by atoms with Crippen LogP contribution in [0.5, 0.6) is 0 Å². The van der Waals surface area contributed by atoms with E-state index in [4.69, 9.17) is 5.73 Å².